The largest absolute Gasteiger partial charge is 0.375 e. The summed E-state index contributed by atoms with van der Waals surface area (Å²) in [6, 6.07) is 3.32. The lowest BCUT2D eigenvalue weighted by Crippen LogP contribution is -2.45. The maximum atomic E-state index is 12.7. The molecule has 1 aliphatic heterocycles. The molecule has 2 aromatic heterocycles. The summed E-state index contributed by atoms with van der Waals surface area (Å²) in [5.74, 6) is -0.0840. The maximum absolute atomic E-state index is 12.7. The zero-order valence-electron chi connectivity index (χ0n) is 15.4. The van der Waals surface area contributed by atoms with Crippen LogP contribution in [0.1, 0.15) is 49.1 Å². The van der Waals surface area contributed by atoms with Gasteiger partial charge in [-0.05, 0) is 18.9 Å². The maximum Gasteiger partial charge on any atom is 0.274 e. The number of nitrogens with one attached hydrogen (secondary N) is 2. The number of aromatic amines is 2. The van der Waals surface area contributed by atoms with Crippen molar-refractivity contribution in [2.45, 2.75) is 45.1 Å². The van der Waals surface area contributed by atoms with E-state index < -0.39 is 0 Å². The fourth-order valence-corrected chi connectivity index (χ4v) is 2.91. The van der Waals surface area contributed by atoms with Crippen molar-refractivity contribution in [3.05, 3.63) is 45.9 Å². The van der Waals surface area contributed by atoms with Gasteiger partial charge in [0.1, 0.15) is 5.69 Å². The van der Waals surface area contributed by atoms with Gasteiger partial charge in [0.2, 0.25) is 0 Å². The van der Waals surface area contributed by atoms with Crippen molar-refractivity contribution in [2.24, 2.45) is 0 Å². The summed E-state index contributed by atoms with van der Waals surface area (Å²) in [5, 5.41) is 7.14. The van der Waals surface area contributed by atoms with Gasteiger partial charge < -0.3 is 14.6 Å². The standard InChI is InChI=1S/C18H25N5O3/c1-18(2,3)15-9-14(21-22-15)17(25)23-6-7-26-13(10-23)5-4-12-8-16(24)20-11-19-12/h8-9,11,13H,4-7,10H2,1-3H3,(H,21,22)(H,19,20,24). The second-order valence-electron chi connectivity index (χ2n) is 7.60. The Hall–Kier alpha value is -2.48. The highest BCUT2D eigenvalue weighted by atomic mass is 16.5. The van der Waals surface area contributed by atoms with E-state index in [0.29, 0.717) is 38.2 Å². The highest BCUT2D eigenvalue weighted by molar-refractivity contribution is 5.92. The lowest BCUT2D eigenvalue weighted by atomic mass is 9.92. The summed E-state index contributed by atoms with van der Waals surface area (Å²) in [5.41, 5.74) is 1.85. The van der Waals surface area contributed by atoms with Gasteiger partial charge >= 0.3 is 0 Å². The molecular formula is C18H25N5O3. The number of morpholine rings is 1. The highest BCUT2D eigenvalue weighted by Crippen LogP contribution is 2.21. The van der Waals surface area contributed by atoms with Crippen molar-refractivity contribution in [1.82, 2.24) is 25.1 Å². The predicted octanol–water partition coefficient (Wildman–Crippen LogP) is 1.26. The Labute approximate surface area is 152 Å². The highest BCUT2D eigenvalue weighted by Gasteiger charge is 2.27. The molecule has 1 unspecified atom stereocenters. The van der Waals surface area contributed by atoms with E-state index >= 15 is 0 Å². The Kier molecular flexibility index (Phi) is 5.22. The molecule has 2 N–H and O–H groups in total. The minimum Gasteiger partial charge on any atom is -0.375 e. The third kappa shape index (κ3) is 4.37. The Balaban J connectivity index is 1.60. The van der Waals surface area contributed by atoms with Gasteiger partial charge in [0.15, 0.2) is 0 Å². The van der Waals surface area contributed by atoms with E-state index in [4.69, 9.17) is 4.74 Å². The Morgan fingerprint density at radius 2 is 2.19 bits per heavy atom. The number of nitrogens with zero attached hydrogens (tertiary/aromatic N) is 3. The Morgan fingerprint density at radius 3 is 2.88 bits per heavy atom. The molecule has 26 heavy (non-hydrogen) atoms. The van der Waals surface area contributed by atoms with Gasteiger partial charge in [0, 0.05) is 36.0 Å². The molecule has 2 aromatic rings. The zero-order valence-corrected chi connectivity index (χ0v) is 15.4. The number of hydrogen-bond donors (Lipinski definition) is 2. The second-order valence-corrected chi connectivity index (χ2v) is 7.60. The van der Waals surface area contributed by atoms with E-state index in [0.717, 1.165) is 11.4 Å². The van der Waals surface area contributed by atoms with Crippen molar-refractivity contribution in [3.8, 4) is 0 Å². The summed E-state index contributed by atoms with van der Waals surface area (Å²) >= 11 is 0. The number of rotatable bonds is 4. The van der Waals surface area contributed by atoms with Crippen LogP contribution in [0, 0.1) is 0 Å². The quantitative estimate of drug-likeness (QED) is 0.855. The van der Waals surface area contributed by atoms with Crippen molar-refractivity contribution in [2.75, 3.05) is 19.7 Å². The molecule has 0 aromatic carbocycles. The average Bonchev–Trinajstić information content (AvgIpc) is 3.10. The molecule has 1 atom stereocenters. The molecule has 0 saturated carbocycles. The van der Waals surface area contributed by atoms with Gasteiger partial charge in [-0.1, -0.05) is 20.8 Å². The van der Waals surface area contributed by atoms with Crippen LogP contribution >= 0.6 is 0 Å². The first-order chi connectivity index (χ1) is 12.3. The van der Waals surface area contributed by atoms with E-state index in [1.54, 1.807) is 4.90 Å². The van der Waals surface area contributed by atoms with Crippen LogP contribution < -0.4 is 5.56 Å². The number of amides is 1. The van der Waals surface area contributed by atoms with Gasteiger partial charge in [-0.25, -0.2) is 4.98 Å². The number of aromatic nitrogens is 4. The number of carbonyl (C=O) groups excluding carboxylic acids is 1. The second kappa shape index (κ2) is 7.41. The molecule has 8 heteroatoms. The third-order valence-corrected chi connectivity index (χ3v) is 4.49. The molecule has 1 saturated heterocycles. The summed E-state index contributed by atoms with van der Waals surface area (Å²) in [6.07, 6.45) is 2.66. The van der Waals surface area contributed by atoms with Gasteiger partial charge in [-0.3, -0.25) is 14.7 Å². The van der Waals surface area contributed by atoms with Crippen molar-refractivity contribution >= 4 is 5.91 Å². The molecule has 140 valence electrons. The van der Waals surface area contributed by atoms with E-state index in [-0.39, 0.29) is 23.0 Å². The van der Waals surface area contributed by atoms with Crippen molar-refractivity contribution in [1.29, 1.82) is 0 Å². The minimum absolute atomic E-state index is 0.0742. The molecule has 0 spiro atoms. The van der Waals surface area contributed by atoms with E-state index in [2.05, 4.69) is 40.9 Å². The third-order valence-electron chi connectivity index (χ3n) is 4.49. The van der Waals surface area contributed by atoms with Crippen LogP contribution in [0.5, 0.6) is 0 Å². The smallest absolute Gasteiger partial charge is 0.274 e. The molecule has 8 nitrogen and oxygen atoms in total. The van der Waals surface area contributed by atoms with E-state index in [1.807, 2.05) is 6.07 Å². The van der Waals surface area contributed by atoms with Gasteiger partial charge in [-0.2, -0.15) is 5.10 Å². The first kappa shape index (κ1) is 18.3. The van der Waals surface area contributed by atoms with E-state index in [9.17, 15) is 9.59 Å². The Bertz CT molecular complexity index is 820. The summed E-state index contributed by atoms with van der Waals surface area (Å²) in [6.45, 7) is 7.78. The molecule has 3 heterocycles. The van der Waals surface area contributed by atoms with Crippen LogP contribution in [-0.2, 0) is 16.6 Å². The van der Waals surface area contributed by atoms with Crippen LogP contribution in [-0.4, -0.2) is 56.8 Å². The van der Waals surface area contributed by atoms with E-state index in [1.165, 1.54) is 12.4 Å². The van der Waals surface area contributed by atoms with Gasteiger partial charge in [-0.15, -0.1) is 0 Å². The molecule has 1 amide bonds. The Morgan fingerprint density at radius 1 is 1.38 bits per heavy atom. The lowest BCUT2D eigenvalue weighted by Gasteiger charge is -2.32. The van der Waals surface area contributed by atoms with Crippen molar-refractivity contribution < 1.29 is 9.53 Å². The SMILES string of the molecule is CC(C)(C)c1cc(C(=O)N2CCOC(CCc3cc(=O)[nH]cn3)C2)n[nH]1. The first-order valence-corrected chi connectivity index (χ1v) is 8.83. The fourth-order valence-electron chi connectivity index (χ4n) is 2.91. The van der Waals surface area contributed by atoms with Crippen LogP contribution in [0.3, 0.4) is 0 Å². The summed E-state index contributed by atoms with van der Waals surface area (Å²) in [4.78, 5) is 32.5. The minimum atomic E-state index is -0.162. The molecular weight excluding hydrogens is 334 g/mol. The average molecular weight is 359 g/mol. The van der Waals surface area contributed by atoms with Crippen LogP contribution in [0.15, 0.2) is 23.3 Å². The van der Waals surface area contributed by atoms with Crippen LogP contribution in [0.2, 0.25) is 0 Å². The van der Waals surface area contributed by atoms with Gasteiger partial charge in [0.25, 0.3) is 11.5 Å². The number of aryl methyl sites for hydroxylation is 1. The topological polar surface area (TPSA) is 104 Å². The number of H-pyrrole nitrogens is 2. The van der Waals surface area contributed by atoms with Crippen LogP contribution in [0.25, 0.3) is 0 Å². The fraction of sp³-hybridized carbons (Fsp3) is 0.556. The molecule has 0 aliphatic carbocycles. The first-order valence-electron chi connectivity index (χ1n) is 8.83. The molecule has 0 bridgehead atoms. The molecule has 1 fully saturated rings. The molecule has 1 aliphatic rings. The molecule has 3 rings (SSSR count). The molecule has 0 radical (unpaired) electrons. The number of ether oxygens (including phenoxy) is 1. The van der Waals surface area contributed by atoms with Crippen molar-refractivity contribution in [3.63, 3.8) is 0 Å². The zero-order chi connectivity index (χ0) is 18.7. The number of carbonyl (C=O) groups is 1. The monoisotopic (exact) mass is 359 g/mol. The number of hydrogen-bond acceptors (Lipinski definition) is 5. The predicted molar refractivity (Wildman–Crippen MR) is 96.1 cm³/mol. The lowest BCUT2D eigenvalue weighted by molar-refractivity contribution is -0.0248. The van der Waals surface area contributed by atoms with Gasteiger partial charge in [0.05, 0.1) is 19.0 Å². The van der Waals surface area contributed by atoms with Crippen LogP contribution in [0.4, 0.5) is 0 Å². The normalized spacial score (nSPS) is 18.1. The summed E-state index contributed by atoms with van der Waals surface area (Å²) in [7, 11) is 0. The summed E-state index contributed by atoms with van der Waals surface area (Å²) < 4.78 is 5.77.